The van der Waals surface area contributed by atoms with Crippen LogP contribution in [0.5, 0.6) is 0 Å². The summed E-state index contributed by atoms with van der Waals surface area (Å²) in [4.78, 5) is 17.9. The summed E-state index contributed by atoms with van der Waals surface area (Å²) in [5.41, 5.74) is 6.53. The van der Waals surface area contributed by atoms with E-state index in [0.29, 0.717) is 19.0 Å². The summed E-state index contributed by atoms with van der Waals surface area (Å²) in [6, 6.07) is 6.69. The fourth-order valence-electron chi connectivity index (χ4n) is 4.48. The fourth-order valence-corrected chi connectivity index (χ4v) is 5.42. The Morgan fingerprint density at radius 1 is 1.27 bits per heavy atom. The number of nitrogens with zero attached hydrogens (tertiary/aromatic N) is 2. The minimum absolute atomic E-state index is 0.241. The number of fused-ring (bicyclic) bond motifs is 2. The van der Waals surface area contributed by atoms with Crippen LogP contribution in [-0.2, 0) is 17.6 Å². The van der Waals surface area contributed by atoms with E-state index in [4.69, 9.17) is 6.35 Å². The first-order valence-electron chi connectivity index (χ1n) is 9.63. The fraction of sp³-hybridized carbons (Fsp3) is 0.429. The average molecular weight is 480 g/mol. The molecule has 0 saturated carbocycles. The van der Waals surface area contributed by atoms with Crippen LogP contribution in [0.3, 0.4) is 0 Å². The van der Waals surface area contributed by atoms with Crippen molar-refractivity contribution in [2.75, 3.05) is 13.1 Å². The molecule has 1 saturated heterocycles. The van der Waals surface area contributed by atoms with E-state index in [9.17, 15) is 4.79 Å². The molecular formula is C21H22Br2N2O. The zero-order chi connectivity index (χ0) is 19.1. The second-order valence-electron chi connectivity index (χ2n) is 7.36. The molecule has 1 aliphatic carbocycles. The van der Waals surface area contributed by atoms with Crippen molar-refractivity contribution < 1.29 is 6.17 Å². The molecule has 2 aliphatic rings. The molecule has 3 nitrogen and oxygen atoms in total. The van der Waals surface area contributed by atoms with Gasteiger partial charge in [0.2, 0.25) is 6.39 Å². The average Bonchev–Trinajstić information content (AvgIpc) is 2.81. The zero-order valence-corrected chi connectivity index (χ0v) is 17.9. The standard InChI is InChI=1S/C21H22Br2N2O/c1-13-2-4-17-18(20(13)23)5-3-15-10-16(22)11-24-21(15)19(17)14-6-8-25(12-26)9-7-14/h2,4,10-12,14,19H,3,5-9H2,1H3/t19-/m0/s1/i12T. The van der Waals surface area contributed by atoms with Crippen molar-refractivity contribution in [3.63, 3.8) is 0 Å². The van der Waals surface area contributed by atoms with Gasteiger partial charge in [-0.2, -0.15) is 0 Å². The van der Waals surface area contributed by atoms with Crippen LogP contribution in [0.4, 0.5) is 0 Å². The van der Waals surface area contributed by atoms with Gasteiger partial charge in [0, 0.05) is 34.1 Å². The maximum Gasteiger partial charge on any atom is 0.209 e. The Kier molecular flexibility index (Phi) is 4.84. The lowest BCUT2D eigenvalue weighted by atomic mass is 9.76. The van der Waals surface area contributed by atoms with Crippen molar-refractivity contribution in [1.29, 1.82) is 0 Å². The third kappa shape index (κ3) is 3.24. The van der Waals surface area contributed by atoms with E-state index in [1.165, 1.54) is 32.4 Å². The van der Waals surface area contributed by atoms with Gasteiger partial charge in [0.15, 0.2) is 0 Å². The smallest absolute Gasteiger partial charge is 0.209 e. The Hall–Kier alpha value is -1.20. The molecule has 4 rings (SSSR count). The number of pyridine rings is 1. The van der Waals surface area contributed by atoms with Gasteiger partial charge in [0.1, 0.15) is 1.37 Å². The molecule has 1 aliphatic heterocycles. The number of aryl methyl sites for hydroxylation is 2. The second-order valence-corrected chi connectivity index (χ2v) is 9.06. The number of benzene rings is 1. The van der Waals surface area contributed by atoms with Crippen LogP contribution in [-0.4, -0.2) is 29.4 Å². The normalized spacial score (nSPS) is 20.8. The Balaban J connectivity index is 1.79. The maximum absolute atomic E-state index is 11.4. The van der Waals surface area contributed by atoms with Gasteiger partial charge < -0.3 is 4.90 Å². The highest BCUT2D eigenvalue weighted by atomic mass is 79.9. The predicted molar refractivity (Wildman–Crippen MR) is 110 cm³/mol. The number of hydrogen-bond acceptors (Lipinski definition) is 2. The highest BCUT2D eigenvalue weighted by Crippen LogP contribution is 2.44. The first-order chi connectivity index (χ1) is 13.0. The van der Waals surface area contributed by atoms with E-state index in [2.05, 4.69) is 57.0 Å². The van der Waals surface area contributed by atoms with E-state index in [1.807, 2.05) is 6.20 Å². The molecule has 1 aromatic heterocycles. The van der Waals surface area contributed by atoms with E-state index < -0.39 is 6.39 Å². The van der Waals surface area contributed by atoms with Crippen LogP contribution in [0.15, 0.2) is 33.3 Å². The number of halogens is 2. The van der Waals surface area contributed by atoms with Gasteiger partial charge in [-0.25, -0.2) is 0 Å². The number of likely N-dealkylation sites (tertiary alicyclic amines) is 1. The molecule has 2 heterocycles. The first kappa shape index (κ1) is 16.9. The number of carbonyl (C=O) groups is 1. The van der Waals surface area contributed by atoms with Crippen LogP contribution in [0.25, 0.3) is 0 Å². The Labute approximate surface area is 172 Å². The second kappa shape index (κ2) is 7.43. The van der Waals surface area contributed by atoms with Crippen molar-refractivity contribution >= 4 is 38.2 Å². The lowest BCUT2D eigenvalue weighted by Crippen LogP contribution is -2.35. The van der Waals surface area contributed by atoms with E-state index in [0.717, 1.165) is 30.2 Å². The van der Waals surface area contributed by atoms with Crippen LogP contribution < -0.4 is 0 Å². The molecule has 136 valence electrons. The summed E-state index contributed by atoms with van der Waals surface area (Å²) in [7, 11) is 0. The molecule has 5 heteroatoms. The monoisotopic (exact) mass is 478 g/mol. The quantitative estimate of drug-likeness (QED) is 0.538. The molecule has 1 atom stereocenters. The van der Waals surface area contributed by atoms with Gasteiger partial charge >= 0.3 is 0 Å². The summed E-state index contributed by atoms with van der Waals surface area (Å²) in [6.45, 7) is 3.47. The topological polar surface area (TPSA) is 33.2 Å². The van der Waals surface area contributed by atoms with Crippen molar-refractivity contribution in [2.24, 2.45) is 5.92 Å². The number of amides is 1. The summed E-state index contributed by atoms with van der Waals surface area (Å²) in [5, 5.41) is 0. The minimum atomic E-state index is -0.560. The van der Waals surface area contributed by atoms with Crippen molar-refractivity contribution in [3.05, 3.63) is 61.3 Å². The highest BCUT2D eigenvalue weighted by Gasteiger charge is 2.34. The molecule has 2 aromatic rings. The Morgan fingerprint density at radius 2 is 2.04 bits per heavy atom. The van der Waals surface area contributed by atoms with Gasteiger partial charge in [-0.3, -0.25) is 9.78 Å². The zero-order valence-electron chi connectivity index (χ0n) is 15.8. The minimum Gasteiger partial charge on any atom is -0.345 e. The predicted octanol–water partition coefficient (Wildman–Crippen LogP) is 5.01. The molecule has 0 spiro atoms. The SMILES string of the molecule is [3H]C(=O)N1CCC([C@H]2c3ccc(C)c(Br)c3CCc3cc(Br)cnc32)CC1. The summed E-state index contributed by atoms with van der Waals surface area (Å²) in [5.74, 6) is 0.671. The number of piperidine rings is 1. The lowest BCUT2D eigenvalue weighted by Gasteiger charge is -2.35. The first-order valence-corrected chi connectivity index (χ1v) is 10.7. The van der Waals surface area contributed by atoms with Crippen molar-refractivity contribution in [1.82, 2.24) is 9.88 Å². The van der Waals surface area contributed by atoms with Crippen LogP contribution in [0.1, 0.15) is 48.1 Å². The lowest BCUT2D eigenvalue weighted by molar-refractivity contribution is -0.119. The largest absolute Gasteiger partial charge is 0.345 e. The third-order valence-electron chi connectivity index (χ3n) is 5.85. The van der Waals surface area contributed by atoms with Crippen LogP contribution in [0, 0.1) is 12.8 Å². The summed E-state index contributed by atoms with van der Waals surface area (Å²) in [6.07, 6.45) is 5.16. The van der Waals surface area contributed by atoms with Crippen molar-refractivity contribution in [2.45, 2.75) is 38.5 Å². The molecule has 26 heavy (non-hydrogen) atoms. The van der Waals surface area contributed by atoms with E-state index >= 15 is 0 Å². The summed E-state index contributed by atoms with van der Waals surface area (Å²) < 4.78 is 9.63. The number of rotatable bonds is 1. The molecule has 0 N–H and O–H groups in total. The van der Waals surface area contributed by atoms with Gasteiger partial charge in [-0.05, 0) is 82.8 Å². The third-order valence-corrected chi connectivity index (χ3v) is 7.39. The molecule has 1 aromatic carbocycles. The maximum atomic E-state index is 11.4. The van der Waals surface area contributed by atoms with Gasteiger partial charge in [-0.1, -0.05) is 28.1 Å². The molecule has 1 amide bonds. The number of aromatic nitrogens is 1. The molecule has 0 radical (unpaired) electrons. The molecular weight excluding hydrogens is 456 g/mol. The van der Waals surface area contributed by atoms with Gasteiger partial charge in [0.05, 0.1) is 5.69 Å². The number of carbonyl (C=O) groups excluding carboxylic acids is 1. The van der Waals surface area contributed by atoms with E-state index in [1.54, 1.807) is 4.90 Å². The van der Waals surface area contributed by atoms with Crippen LogP contribution in [0.2, 0.25) is 0 Å². The van der Waals surface area contributed by atoms with Crippen molar-refractivity contribution in [3.8, 4) is 0 Å². The molecule has 1 fully saturated rings. The highest BCUT2D eigenvalue weighted by molar-refractivity contribution is 9.10. The van der Waals surface area contributed by atoms with Gasteiger partial charge in [0.25, 0.3) is 0 Å². The molecule has 0 unspecified atom stereocenters. The Morgan fingerprint density at radius 3 is 2.77 bits per heavy atom. The van der Waals surface area contributed by atoms with Crippen LogP contribution >= 0.6 is 31.9 Å². The summed E-state index contributed by atoms with van der Waals surface area (Å²) >= 11 is 7.41. The Bertz CT molecular complexity index is 894. The number of hydrogen-bond donors (Lipinski definition) is 0. The van der Waals surface area contributed by atoms with E-state index in [-0.39, 0.29) is 5.92 Å². The molecule has 0 bridgehead atoms. The van der Waals surface area contributed by atoms with Gasteiger partial charge in [-0.15, -0.1) is 0 Å².